The van der Waals surface area contributed by atoms with Crippen molar-refractivity contribution in [2.24, 2.45) is 0 Å². The Morgan fingerprint density at radius 3 is 2.32 bits per heavy atom. The van der Waals surface area contributed by atoms with Gasteiger partial charge in [-0.05, 0) is 62.2 Å². The number of anilines is 1. The summed E-state index contributed by atoms with van der Waals surface area (Å²) >= 11 is 12.4. The van der Waals surface area contributed by atoms with Crippen LogP contribution in [-0.2, 0) is 10.0 Å². The van der Waals surface area contributed by atoms with Crippen LogP contribution < -0.4 is 4.72 Å². The normalized spacial score (nSPS) is 11.3. The van der Waals surface area contributed by atoms with Crippen LogP contribution >= 0.6 is 43.5 Å². The highest BCUT2D eigenvalue weighted by molar-refractivity contribution is 9.10. The van der Waals surface area contributed by atoms with Crippen molar-refractivity contribution in [3.63, 3.8) is 0 Å². The van der Waals surface area contributed by atoms with Crippen LogP contribution in [0, 0.1) is 0 Å². The predicted octanol–water partition coefficient (Wildman–Crippen LogP) is 4.67. The van der Waals surface area contributed by atoms with E-state index in [-0.39, 0.29) is 4.90 Å². The fourth-order valence-corrected chi connectivity index (χ4v) is 3.91. The van der Waals surface area contributed by atoms with Crippen molar-refractivity contribution in [3.05, 3.63) is 56.4 Å². The third kappa shape index (κ3) is 3.51. The van der Waals surface area contributed by atoms with Crippen LogP contribution in [0.3, 0.4) is 0 Å². The summed E-state index contributed by atoms with van der Waals surface area (Å²) in [6, 6.07) is 11.5. The lowest BCUT2D eigenvalue weighted by Gasteiger charge is -2.10. The molecular weight excluding hydrogens is 417 g/mol. The molecule has 19 heavy (non-hydrogen) atoms. The van der Waals surface area contributed by atoms with Gasteiger partial charge in [-0.15, -0.1) is 0 Å². The molecule has 0 aromatic heterocycles. The third-order valence-corrected chi connectivity index (χ3v) is 5.92. The van der Waals surface area contributed by atoms with E-state index >= 15 is 0 Å². The molecule has 0 aliphatic carbocycles. The van der Waals surface area contributed by atoms with E-state index in [9.17, 15) is 8.42 Å². The van der Waals surface area contributed by atoms with Gasteiger partial charge in [0.2, 0.25) is 0 Å². The van der Waals surface area contributed by atoms with Gasteiger partial charge >= 0.3 is 0 Å². The lowest BCUT2D eigenvalue weighted by Crippen LogP contribution is -2.13. The van der Waals surface area contributed by atoms with Crippen molar-refractivity contribution in [1.29, 1.82) is 0 Å². The zero-order valence-electron chi connectivity index (χ0n) is 9.40. The summed E-state index contributed by atoms with van der Waals surface area (Å²) in [6.45, 7) is 0. The maximum absolute atomic E-state index is 12.2. The van der Waals surface area contributed by atoms with E-state index in [1.165, 1.54) is 6.07 Å². The Morgan fingerprint density at radius 2 is 1.68 bits per heavy atom. The van der Waals surface area contributed by atoms with Crippen LogP contribution in [0.5, 0.6) is 0 Å². The molecular formula is C12H8Br2ClNO2S. The molecule has 0 bridgehead atoms. The molecule has 0 aliphatic heterocycles. The van der Waals surface area contributed by atoms with Crippen molar-refractivity contribution in [1.82, 2.24) is 0 Å². The van der Waals surface area contributed by atoms with Crippen molar-refractivity contribution in [3.8, 4) is 0 Å². The van der Waals surface area contributed by atoms with Crippen molar-refractivity contribution < 1.29 is 8.42 Å². The SMILES string of the molecule is O=S(=O)(Nc1ccc(Br)c(Cl)c1)c1ccccc1Br. The molecule has 0 saturated heterocycles. The molecule has 0 radical (unpaired) electrons. The number of hydrogen-bond donors (Lipinski definition) is 1. The predicted molar refractivity (Wildman–Crippen MR) is 84.1 cm³/mol. The van der Waals surface area contributed by atoms with E-state index in [4.69, 9.17) is 11.6 Å². The van der Waals surface area contributed by atoms with E-state index in [1.54, 1.807) is 36.4 Å². The van der Waals surface area contributed by atoms with E-state index in [0.29, 0.717) is 19.7 Å². The zero-order chi connectivity index (χ0) is 14.0. The first-order valence-electron chi connectivity index (χ1n) is 5.12. The van der Waals surface area contributed by atoms with E-state index in [2.05, 4.69) is 36.6 Å². The van der Waals surface area contributed by atoms with Gasteiger partial charge in [0.15, 0.2) is 0 Å². The highest BCUT2D eigenvalue weighted by Gasteiger charge is 2.17. The second-order valence-electron chi connectivity index (χ2n) is 3.66. The molecule has 1 N–H and O–H groups in total. The van der Waals surface area contributed by atoms with Crippen molar-refractivity contribution >= 4 is 59.2 Å². The van der Waals surface area contributed by atoms with Crippen LogP contribution in [0.25, 0.3) is 0 Å². The Balaban J connectivity index is 2.37. The minimum absolute atomic E-state index is 0.175. The molecule has 3 nitrogen and oxygen atoms in total. The van der Waals surface area contributed by atoms with E-state index in [0.717, 1.165) is 0 Å². The summed E-state index contributed by atoms with van der Waals surface area (Å²) in [6.07, 6.45) is 0. The number of sulfonamides is 1. The van der Waals surface area contributed by atoms with Gasteiger partial charge in [-0.1, -0.05) is 23.7 Å². The van der Waals surface area contributed by atoms with Gasteiger partial charge in [0.25, 0.3) is 10.0 Å². The lowest BCUT2D eigenvalue weighted by molar-refractivity contribution is 0.601. The summed E-state index contributed by atoms with van der Waals surface area (Å²) in [5, 5.41) is 0.437. The zero-order valence-corrected chi connectivity index (χ0v) is 14.1. The molecule has 0 saturated carbocycles. The standard InChI is InChI=1S/C12H8Br2ClNO2S/c13-9-6-5-8(7-11(9)15)16-19(17,18)12-4-2-1-3-10(12)14/h1-7,16H. The lowest BCUT2D eigenvalue weighted by atomic mass is 10.3. The molecule has 0 amide bonds. The van der Waals surface area contributed by atoms with Gasteiger partial charge in [0.05, 0.1) is 10.7 Å². The number of hydrogen-bond acceptors (Lipinski definition) is 2. The quantitative estimate of drug-likeness (QED) is 0.777. The molecule has 0 aliphatic rings. The summed E-state index contributed by atoms with van der Waals surface area (Å²) in [7, 11) is -3.64. The first kappa shape index (κ1) is 14.8. The first-order valence-corrected chi connectivity index (χ1v) is 8.57. The highest BCUT2D eigenvalue weighted by Crippen LogP contribution is 2.28. The van der Waals surface area contributed by atoms with E-state index < -0.39 is 10.0 Å². The molecule has 0 unspecified atom stereocenters. The average molecular weight is 426 g/mol. The van der Waals surface area contributed by atoms with Crippen LogP contribution in [-0.4, -0.2) is 8.42 Å². The third-order valence-electron chi connectivity index (χ3n) is 2.30. The molecule has 2 rings (SSSR count). The second kappa shape index (κ2) is 5.83. The molecule has 7 heteroatoms. The molecule has 2 aromatic carbocycles. The van der Waals surface area contributed by atoms with Crippen LogP contribution in [0.4, 0.5) is 5.69 Å². The van der Waals surface area contributed by atoms with E-state index in [1.807, 2.05) is 0 Å². The molecule has 0 fully saturated rings. The Hall–Kier alpha value is -0.560. The largest absolute Gasteiger partial charge is 0.280 e. The minimum Gasteiger partial charge on any atom is -0.280 e. The topological polar surface area (TPSA) is 46.2 Å². The van der Waals surface area contributed by atoms with Gasteiger partial charge in [-0.3, -0.25) is 4.72 Å². The van der Waals surface area contributed by atoms with Gasteiger partial charge in [0.1, 0.15) is 4.90 Å². The molecule has 0 spiro atoms. The van der Waals surface area contributed by atoms with Gasteiger partial charge in [0, 0.05) is 8.95 Å². The first-order chi connectivity index (χ1) is 8.90. The smallest absolute Gasteiger partial charge is 0.263 e. The van der Waals surface area contributed by atoms with Crippen LogP contribution in [0.1, 0.15) is 0 Å². The summed E-state index contributed by atoms with van der Waals surface area (Å²) in [4.78, 5) is 0.175. The summed E-state index contributed by atoms with van der Waals surface area (Å²) < 4.78 is 28.1. The Labute approximate surface area is 133 Å². The highest BCUT2D eigenvalue weighted by atomic mass is 79.9. The fourth-order valence-electron chi connectivity index (χ4n) is 1.43. The van der Waals surface area contributed by atoms with Crippen molar-refractivity contribution in [2.45, 2.75) is 4.90 Å². The number of rotatable bonds is 3. The maximum atomic E-state index is 12.2. The molecule has 0 atom stereocenters. The minimum atomic E-state index is -3.64. The van der Waals surface area contributed by atoms with Crippen molar-refractivity contribution in [2.75, 3.05) is 4.72 Å². The number of benzene rings is 2. The van der Waals surface area contributed by atoms with Gasteiger partial charge in [-0.25, -0.2) is 8.42 Å². The second-order valence-corrected chi connectivity index (χ2v) is 7.43. The Kier molecular flexibility index (Phi) is 4.55. The molecule has 100 valence electrons. The van der Waals surface area contributed by atoms with Gasteiger partial charge in [-0.2, -0.15) is 0 Å². The summed E-state index contributed by atoms with van der Waals surface area (Å²) in [5.41, 5.74) is 0.406. The molecule has 0 heterocycles. The van der Waals surface area contributed by atoms with Crippen LogP contribution in [0.2, 0.25) is 5.02 Å². The van der Waals surface area contributed by atoms with Crippen LogP contribution in [0.15, 0.2) is 56.3 Å². The molecule has 2 aromatic rings. The maximum Gasteiger partial charge on any atom is 0.263 e. The Bertz CT molecular complexity index is 719. The number of nitrogens with one attached hydrogen (secondary N) is 1. The summed E-state index contributed by atoms with van der Waals surface area (Å²) in [5.74, 6) is 0. The van der Waals surface area contributed by atoms with Gasteiger partial charge < -0.3 is 0 Å². The monoisotopic (exact) mass is 423 g/mol. The average Bonchev–Trinajstić information content (AvgIpc) is 2.34. The number of halogens is 3. The fraction of sp³-hybridized carbons (Fsp3) is 0. The Morgan fingerprint density at radius 1 is 1.00 bits per heavy atom.